The van der Waals surface area contributed by atoms with Crippen LogP contribution in [0.25, 0.3) is 0 Å². The molecular weight excluding hydrogens is 258 g/mol. The molecule has 0 aromatic carbocycles. The summed E-state index contributed by atoms with van der Waals surface area (Å²) in [5.74, 6) is -0.342. The molecule has 1 fully saturated rings. The van der Waals surface area contributed by atoms with E-state index in [1.165, 1.54) is 6.20 Å². The average Bonchev–Trinajstić information content (AvgIpc) is 3.05. The lowest BCUT2D eigenvalue weighted by molar-refractivity contribution is 0.0522. The number of rotatable bonds is 3. The summed E-state index contributed by atoms with van der Waals surface area (Å²) < 4.78 is 5.19. The molecule has 6 nitrogen and oxygen atoms in total. The molecule has 0 aliphatic heterocycles. The van der Waals surface area contributed by atoms with E-state index in [2.05, 4.69) is 10.3 Å². The van der Waals surface area contributed by atoms with Crippen LogP contribution in [0.5, 0.6) is 0 Å². The molecule has 2 atom stereocenters. The van der Waals surface area contributed by atoms with Gasteiger partial charge in [-0.05, 0) is 38.8 Å². The molecule has 6 heteroatoms. The summed E-state index contributed by atoms with van der Waals surface area (Å²) in [7, 11) is 0. The summed E-state index contributed by atoms with van der Waals surface area (Å²) in [6, 6.07) is 1.74. The third kappa shape index (κ3) is 3.69. The molecule has 2 amide bonds. The molecule has 20 heavy (non-hydrogen) atoms. The Morgan fingerprint density at radius 2 is 2.10 bits per heavy atom. The first-order valence-corrected chi connectivity index (χ1v) is 6.50. The van der Waals surface area contributed by atoms with Gasteiger partial charge in [-0.3, -0.25) is 9.78 Å². The minimum Gasteiger partial charge on any atom is -0.444 e. The molecule has 0 radical (unpaired) electrons. The van der Waals surface area contributed by atoms with Crippen molar-refractivity contribution in [3.8, 4) is 0 Å². The number of amides is 2. The number of nitrogens with one attached hydrogen (secondary N) is 1. The van der Waals surface area contributed by atoms with Gasteiger partial charge in [0, 0.05) is 24.4 Å². The summed E-state index contributed by atoms with van der Waals surface area (Å²) >= 11 is 0. The third-order valence-corrected chi connectivity index (χ3v) is 2.96. The number of primary amides is 1. The van der Waals surface area contributed by atoms with Crippen molar-refractivity contribution < 1.29 is 14.3 Å². The molecule has 1 saturated carbocycles. The van der Waals surface area contributed by atoms with Crippen LogP contribution in [0.15, 0.2) is 18.5 Å². The largest absolute Gasteiger partial charge is 0.444 e. The zero-order valence-corrected chi connectivity index (χ0v) is 11.8. The molecule has 0 saturated heterocycles. The Bertz CT molecular complexity index is 537. The maximum Gasteiger partial charge on any atom is 0.407 e. The first-order chi connectivity index (χ1) is 9.26. The molecule has 1 aromatic rings. The van der Waals surface area contributed by atoms with E-state index in [0.717, 1.165) is 12.0 Å². The number of nitrogens with two attached hydrogens (primary N) is 1. The average molecular weight is 277 g/mol. The molecule has 2 rings (SSSR count). The molecule has 2 unspecified atom stereocenters. The van der Waals surface area contributed by atoms with E-state index in [-0.39, 0.29) is 12.0 Å². The van der Waals surface area contributed by atoms with Crippen LogP contribution in [0, 0.1) is 0 Å². The molecular formula is C14H19N3O3. The van der Waals surface area contributed by atoms with Crippen molar-refractivity contribution in [2.45, 2.75) is 44.8 Å². The van der Waals surface area contributed by atoms with Crippen LogP contribution in [-0.4, -0.2) is 28.6 Å². The van der Waals surface area contributed by atoms with Gasteiger partial charge in [0.2, 0.25) is 5.91 Å². The van der Waals surface area contributed by atoms with Crippen molar-refractivity contribution >= 4 is 12.0 Å². The maximum atomic E-state index is 11.6. The van der Waals surface area contributed by atoms with Gasteiger partial charge in [0.1, 0.15) is 5.60 Å². The lowest BCUT2D eigenvalue weighted by Crippen LogP contribution is -2.34. The van der Waals surface area contributed by atoms with Crippen molar-refractivity contribution in [2.24, 2.45) is 5.73 Å². The van der Waals surface area contributed by atoms with Gasteiger partial charge in [-0.2, -0.15) is 0 Å². The Morgan fingerprint density at radius 1 is 1.40 bits per heavy atom. The van der Waals surface area contributed by atoms with Crippen LogP contribution < -0.4 is 11.1 Å². The summed E-state index contributed by atoms with van der Waals surface area (Å²) in [6.07, 6.45) is 3.51. The van der Waals surface area contributed by atoms with Gasteiger partial charge >= 0.3 is 6.09 Å². The van der Waals surface area contributed by atoms with E-state index in [9.17, 15) is 9.59 Å². The summed E-state index contributed by atoms with van der Waals surface area (Å²) in [4.78, 5) is 26.7. The number of aromatic nitrogens is 1. The molecule has 1 aromatic heterocycles. The van der Waals surface area contributed by atoms with Gasteiger partial charge in [0.25, 0.3) is 0 Å². The Hall–Kier alpha value is -2.11. The summed E-state index contributed by atoms with van der Waals surface area (Å²) in [5.41, 5.74) is 5.99. The Balaban J connectivity index is 1.93. The number of hydrogen-bond acceptors (Lipinski definition) is 4. The van der Waals surface area contributed by atoms with E-state index in [1.807, 2.05) is 20.8 Å². The number of alkyl carbamates (subject to hydrolysis) is 1. The van der Waals surface area contributed by atoms with Gasteiger partial charge in [0.15, 0.2) is 0 Å². The second-order valence-electron chi connectivity index (χ2n) is 5.97. The number of carbonyl (C=O) groups is 2. The predicted molar refractivity (Wildman–Crippen MR) is 73.3 cm³/mol. The Labute approximate surface area is 117 Å². The van der Waals surface area contributed by atoms with E-state index < -0.39 is 17.6 Å². The fourth-order valence-corrected chi connectivity index (χ4v) is 1.98. The van der Waals surface area contributed by atoms with E-state index in [4.69, 9.17) is 10.5 Å². The van der Waals surface area contributed by atoms with Crippen LogP contribution in [0.2, 0.25) is 0 Å². The minimum atomic E-state index is -0.512. The first kappa shape index (κ1) is 14.3. The highest BCUT2D eigenvalue weighted by Crippen LogP contribution is 2.40. The van der Waals surface area contributed by atoms with Gasteiger partial charge < -0.3 is 15.8 Å². The van der Waals surface area contributed by atoms with Gasteiger partial charge in [-0.15, -0.1) is 0 Å². The van der Waals surface area contributed by atoms with Crippen molar-refractivity contribution in [2.75, 3.05) is 0 Å². The standard InChI is InChI=1S/C14H19N3O3/c1-14(2,3)20-13(19)17-11-5-10(11)8-4-9(12(15)18)7-16-6-8/h4,6-7,10-11H,5H2,1-3H3,(H2,15,18)(H,17,19). The monoisotopic (exact) mass is 277 g/mol. The van der Waals surface area contributed by atoms with E-state index in [0.29, 0.717) is 5.56 Å². The zero-order valence-electron chi connectivity index (χ0n) is 11.8. The van der Waals surface area contributed by atoms with Crippen molar-refractivity contribution in [3.63, 3.8) is 0 Å². The molecule has 0 spiro atoms. The molecule has 1 heterocycles. The Morgan fingerprint density at radius 3 is 2.70 bits per heavy atom. The van der Waals surface area contributed by atoms with Crippen molar-refractivity contribution in [3.05, 3.63) is 29.6 Å². The molecule has 108 valence electrons. The normalized spacial score (nSPS) is 21.1. The predicted octanol–water partition coefficient (Wildman–Crippen LogP) is 1.56. The van der Waals surface area contributed by atoms with Crippen LogP contribution in [0.4, 0.5) is 4.79 Å². The first-order valence-electron chi connectivity index (χ1n) is 6.50. The summed E-state index contributed by atoms with van der Waals surface area (Å²) in [5, 5.41) is 2.80. The smallest absolute Gasteiger partial charge is 0.407 e. The lowest BCUT2D eigenvalue weighted by Gasteiger charge is -2.19. The number of nitrogens with zero attached hydrogens (tertiary/aromatic N) is 1. The fourth-order valence-electron chi connectivity index (χ4n) is 1.98. The number of ether oxygens (including phenoxy) is 1. The Kier molecular flexibility index (Phi) is 3.65. The molecule has 1 aliphatic carbocycles. The zero-order chi connectivity index (χ0) is 14.9. The number of carbonyl (C=O) groups excluding carboxylic acids is 2. The molecule has 0 bridgehead atoms. The van der Waals surface area contributed by atoms with Gasteiger partial charge in [-0.1, -0.05) is 0 Å². The number of hydrogen-bond donors (Lipinski definition) is 2. The van der Waals surface area contributed by atoms with Gasteiger partial charge in [-0.25, -0.2) is 4.79 Å². The van der Waals surface area contributed by atoms with Gasteiger partial charge in [0.05, 0.1) is 5.56 Å². The fraction of sp³-hybridized carbons (Fsp3) is 0.500. The SMILES string of the molecule is CC(C)(C)OC(=O)NC1CC1c1cncc(C(N)=O)c1. The number of pyridine rings is 1. The third-order valence-electron chi connectivity index (χ3n) is 2.96. The second-order valence-corrected chi connectivity index (χ2v) is 5.97. The van der Waals surface area contributed by atoms with E-state index >= 15 is 0 Å². The van der Waals surface area contributed by atoms with Crippen LogP contribution in [0.3, 0.4) is 0 Å². The molecule has 1 aliphatic rings. The van der Waals surface area contributed by atoms with Crippen molar-refractivity contribution in [1.82, 2.24) is 10.3 Å². The van der Waals surface area contributed by atoms with Crippen LogP contribution >= 0.6 is 0 Å². The minimum absolute atomic E-state index is 0.0229. The summed E-state index contributed by atoms with van der Waals surface area (Å²) in [6.45, 7) is 5.45. The highest BCUT2D eigenvalue weighted by Gasteiger charge is 2.40. The highest BCUT2D eigenvalue weighted by molar-refractivity contribution is 5.92. The quantitative estimate of drug-likeness (QED) is 0.876. The van der Waals surface area contributed by atoms with Crippen LogP contribution in [0.1, 0.15) is 49.0 Å². The van der Waals surface area contributed by atoms with Crippen LogP contribution in [-0.2, 0) is 4.74 Å². The highest BCUT2D eigenvalue weighted by atomic mass is 16.6. The lowest BCUT2D eigenvalue weighted by atomic mass is 10.1. The molecule has 3 N–H and O–H groups in total. The second kappa shape index (κ2) is 5.11. The maximum absolute atomic E-state index is 11.6. The topological polar surface area (TPSA) is 94.3 Å². The van der Waals surface area contributed by atoms with Crippen molar-refractivity contribution in [1.29, 1.82) is 0 Å². The van der Waals surface area contributed by atoms with E-state index in [1.54, 1.807) is 12.3 Å².